The van der Waals surface area contributed by atoms with Gasteiger partial charge in [0.25, 0.3) is 0 Å². The molecule has 0 saturated carbocycles. The Hall–Kier alpha value is -0.380. The van der Waals surface area contributed by atoms with Gasteiger partial charge in [-0.05, 0) is 56.0 Å². The van der Waals surface area contributed by atoms with Gasteiger partial charge in [-0.15, -0.1) is 0 Å². The first-order valence-electron chi connectivity index (χ1n) is 6.83. The maximum atomic E-state index is 5.54. The molecule has 18 heavy (non-hydrogen) atoms. The zero-order valence-corrected chi connectivity index (χ0v) is 12.2. The summed E-state index contributed by atoms with van der Waals surface area (Å²) in [5.41, 5.74) is 1.75. The number of benzene rings is 1. The van der Waals surface area contributed by atoms with Gasteiger partial charge in [0.05, 0.1) is 13.2 Å². The van der Waals surface area contributed by atoms with Crippen LogP contribution < -0.4 is 5.32 Å². The minimum Gasteiger partial charge on any atom is -0.379 e. The second-order valence-corrected chi connectivity index (χ2v) is 6.59. The topological polar surface area (TPSA) is 21.3 Å². The molecule has 2 heterocycles. The van der Waals surface area contributed by atoms with E-state index in [9.17, 15) is 0 Å². The molecule has 2 saturated heterocycles. The van der Waals surface area contributed by atoms with Gasteiger partial charge in [0.1, 0.15) is 0 Å². The van der Waals surface area contributed by atoms with Crippen molar-refractivity contribution in [2.75, 3.05) is 26.3 Å². The standard InChI is InChI=1S/C15H20BrNO/c16-14-3-1-13(2-4-14)15(10-18-11-15)9-12-5-7-17-8-6-12/h1-4,12,17H,5-11H2. The minimum absolute atomic E-state index is 0.294. The van der Waals surface area contributed by atoms with Gasteiger partial charge in [-0.1, -0.05) is 28.1 Å². The van der Waals surface area contributed by atoms with Crippen molar-refractivity contribution in [3.8, 4) is 0 Å². The van der Waals surface area contributed by atoms with Crippen LogP contribution in [0.15, 0.2) is 28.7 Å². The molecule has 0 atom stereocenters. The Labute approximate surface area is 117 Å². The molecule has 2 aliphatic heterocycles. The van der Waals surface area contributed by atoms with E-state index < -0.39 is 0 Å². The van der Waals surface area contributed by atoms with Crippen LogP contribution in [-0.2, 0) is 10.2 Å². The Morgan fingerprint density at radius 1 is 1.17 bits per heavy atom. The monoisotopic (exact) mass is 309 g/mol. The highest BCUT2D eigenvalue weighted by Gasteiger charge is 2.41. The summed E-state index contributed by atoms with van der Waals surface area (Å²) < 4.78 is 6.69. The summed E-state index contributed by atoms with van der Waals surface area (Å²) in [5, 5.41) is 3.45. The Kier molecular flexibility index (Phi) is 3.73. The van der Waals surface area contributed by atoms with Gasteiger partial charge >= 0.3 is 0 Å². The number of hydrogen-bond acceptors (Lipinski definition) is 2. The zero-order valence-electron chi connectivity index (χ0n) is 10.6. The van der Waals surface area contributed by atoms with Gasteiger partial charge in [0, 0.05) is 9.89 Å². The second kappa shape index (κ2) is 5.32. The summed E-state index contributed by atoms with van der Waals surface area (Å²) in [7, 11) is 0. The van der Waals surface area contributed by atoms with Gasteiger partial charge < -0.3 is 10.1 Å². The first-order chi connectivity index (χ1) is 8.78. The lowest BCUT2D eigenvalue weighted by Gasteiger charge is -2.45. The molecule has 0 spiro atoms. The fourth-order valence-electron chi connectivity index (χ4n) is 3.19. The van der Waals surface area contributed by atoms with E-state index in [1.807, 2.05) is 0 Å². The van der Waals surface area contributed by atoms with Crippen LogP contribution in [0.5, 0.6) is 0 Å². The number of hydrogen-bond donors (Lipinski definition) is 1. The molecule has 2 aliphatic rings. The second-order valence-electron chi connectivity index (χ2n) is 5.68. The van der Waals surface area contributed by atoms with Crippen molar-refractivity contribution in [3.05, 3.63) is 34.3 Å². The average molecular weight is 310 g/mol. The normalized spacial score (nSPS) is 23.6. The maximum Gasteiger partial charge on any atom is 0.0585 e. The summed E-state index contributed by atoms with van der Waals surface area (Å²) in [5.74, 6) is 0.860. The van der Waals surface area contributed by atoms with E-state index >= 15 is 0 Å². The third-order valence-electron chi connectivity index (χ3n) is 4.35. The Morgan fingerprint density at radius 3 is 2.39 bits per heavy atom. The van der Waals surface area contributed by atoms with Gasteiger partial charge in [-0.2, -0.15) is 0 Å². The highest BCUT2D eigenvalue weighted by Crippen LogP contribution is 2.40. The molecule has 0 amide bonds. The van der Waals surface area contributed by atoms with Crippen LogP contribution >= 0.6 is 15.9 Å². The molecule has 2 fully saturated rings. The van der Waals surface area contributed by atoms with E-state index in [0.717, 1.165) is 23.6 Å². The third-order valence-corrected chi connectivity index (χ3v) is 4.88. The molecule has 3 heteroatoms. The molecular formula is C15H20BrNO. The third kappa shape index (κ3) is 2.49. The summed E-state index contributed by atoms with van der Waals surface area (Å²) in [4.78, 5) is 0. The van der Waals surface area contributed by atoms with Crippen molar-refractivity contribution >= 4 is 15.9 Å². The molecule has 0 bridgehead atoms. The van der Waals surface area contributed by atoms with Crippen molar-refractivity contribution in [2.45, 2.75) is 24.7 Å². The van der Waals surface area contributed by atoms with Crippen LogP contribution in [0.1, 0.15) is 24.8 Å². The molecule has 0 aliphatic carbocycles. The van der Waals surface area contributed by atoms with E-state index in [-0.39, 0.29) is 0 Å². The quantitative estimate of drug-likeness (QED) is 0.926. The van der Waals surface area contributed by atoms with Crippen LogP contribution in [-0.4, -0.2) is 26.3 Å². The van der Waals surface area contributed by atoms with Gasteiger partial charge in [0.2, 0.25) is 0 Å². The number of rotatable bonds is 3. The first-order valence-corrected chi connectivity index (χ1v) is 7.62. The highest BCUT2D eigenvalue weighted by atomic mass is 79.9. The molecule has 0 radical (unpaired) electrons. The summed E-state index contributed by atoms with van der Waals surface area (Å²) >= 11 is 3.51. The maximum absolute atomic E-state index is 5.54. The fourth-order valence-corrected chi connectivity index (χ4v) is 3.46. The molecule has 2 nitrogen and oxygen atoms in total. The first kappa shape index (κ1) is 12.6. The van der Waals surface area contributed by atoms with Gasteiger partial charge in [-0.25, -0.2) is 0 Å². The Morgan fingerprint density at radius 2 is 1.83 bits per heavy atom. The molecular weight excluding hydrogens is 290 g/mol. The lowest BCUT2D eigenvalue weighted by molar-refractivity contribution is -0.0731. The summed E-state index contributed by atoms with van der Waals surface area (Å²) in [6, 6.07) is 8.82. The van der Waals surface area contributed by atoms with Crippen LogP contribution in [0, 0.1) is 5.92 Å². The molecule has 0 aromatic heterocycles. The van der Waals surface area contributed by atoms with Crippen molar-refractivity contribution < 1.29 is 4.74 Å². The Balaban J connectivity index is 1.74. The lowest BCUT2D eigenvalue weighted by atomic mass is 9.70. The number of halogens is 1. The van der Waals surface area contributed by atoms with E-state index in [1.165, 1.54) is 37.9 Å². The average Bonchev–Trinajstić information content (AvgIpc) is 2.36. The van der Waals surface area contributed by atoms with Crippen LogP contribution in [0.3, 0.4) is 0 Å². The zero-order chi connectivity index (χ0) is 12.4. The fraction of sp³-hybridized carbons (Fsp3) is 0.600. The molecule has 3 rings (SSSR count). The van der Waals surface area contributed by atoms with Gasteiger partial charge in [0.15, 0.2) is 0 Å². The summed E-state index contributed by atoms with van der Waals surface area (Å²) in [6.07, 6.45) is 3.92. The molecule has 0 unspecified atom stereocenters. The number of nitrogens with one attached hydrogen (secondary N) is 1. The predicted octanol–water partition coefficient (Wildman–Crippen LogP) is 3.11. The van der Waals surface area contributed by atoms with Crippen molar-refractivity contribution in [1.82, 2.24) is 5.32 Å². The van der Waals surface area contributed by atoms with E-state index in [2.05, 4.69) is 45.5 Å². The van der Waals surface area contributed by atoms with Crippen molar-refractivity contribution in [2.24, 2.45) is 5.92 Å². The molecule has 98 valence electrons. The smallest absolute Gasteiger partial charge is 0.0585 e. The van der Waals surface area contributed by atoms with E-state index in [1.54, 1.807) is 0 Å². The molecule has 1 N–H and O–H groups in total. The van der Waals surface area contributed by atoms with Crippen LogP contribution in [0.25, 0.3) is 0 Å². The highest BCUT2D eigenvalue weighted by molar-refractivity contribution is 9.10. The number of piperidine rings is 1. The van der Waals surface area contributed by atoms with Crippen molar-refractivity contribution in [3.63, 3.8) is 0 Å². The molecule has 1 aromatic carbocycles. The lowest BCUT2D eigenvalue weighted by Crippen LogP contribution is -2.49. The van der Waals surface area contributed by atoms with Crippen LogP contribution in [0.2, 0.25) is 0 Å². The van der Waals surface area contributed by atoms with E-state index in [4.69, 9.17) is 4.74 Å². The predicted molar refractivity (Wildman–Crippen MR) is 76.8 cm³/mol. The number of ether oxygens (including phenoxy) is 1. The van der Waals surface area contributed by atoms with Crippen LogP contribution in [0.4, 0.5) is 0 Å². The molecule has 1 aromatic rings. The largest absolute Gasteiger partial charge is 0.379 e. The summed E-state index contributed by atoms with van der Waals surface area (Å²) in [6.45, 7) is 4.17. The van der Waals surface area contributed by atoms with Gasteiger partial charge in [-0.3, -0.25) is 0 Å². The van der Waals surface area contributed by atoms with E-state index in [0.29, 0.717) is 5.41 Å². The minimum atomic E-state index is 0.294. The Bertz CT molecular complexity index is 393. The van der Waals surface area contributed by atoms with Crippen molar-refractivity contribution in [1.29, 1.82) is 0 Å². The SMILES string of the molecule is Brc1ccc(C2(CC3CCNCC3)COC2)cc1.